The van der Waals surface area contributed by atoms with E-state index in [1.54, 1.807) is 26.0 Å². The molecule has 0 saturated carbocycles. The van der Waals surface area contributed by atoms with Gasteiger partial charge in [0.05, 0.1) is 6.54 Å². The van der Waals surface area contributed by atoms with E-state index in [9.17, 15) is 9.59 Å². The number of amides is 2. The lowest BCUT2D eigenvalue weighted by atomic mass is 9.94. The van der Waals surface area contributed by atoms with Gasteiger partial charge < -0.3 is 15.1 Å². The quantitative estimate of drug-likeness (QED) is 0.845. The number of nitrogens with one attached hydrogen (secondary N) is 1. The summed E-state index contributed by atoms with van der Waals surface area (Å²) in [5.41, 5.74) is 1.98. The lowest BCUT2D eigenvalue weighted by Crippen LogP contribution is -2.43. The van der Waals surface area contributed by atoms with Crippen molar-refractivity contribution in [1.29, 1.82) is 0 Å². The summed E-state index contributed by atoms with van der Waals surface area (Å²) < 4.78 is 0. The molecule has 2 amide bonds. The van der Waals surface area contributed by atoms with Gasteiger partial charge in [-0.2, -0.15) is 0 Å². The predicted octanol–water partition coefficient (Wildman–Crippen LogP) is 1.03. The maximum absolute atomic E-state index is 12.1. The molecular weight excluding hydrogens is 304 g/mol. The van der Waals surface area contributed by atoms with Crippen molar-refractivity contribution in [3.8, 4) is 0 Å². The highest BCUT2D eigenvalue weighted by Crippen LogP contribution is 2.25. The molecule has 1 unspecified atom stereocenters. The van der Waals surface area contributed by atoms with E-state index >= 15 is 0 Å². The zero-order valence-corrected chi connectivity index (χ0v) is 14.9. The number of pyridine rings is 1. The Morgan fingerprint density at radius 2 is 2.17 bits per heavy atom. The molecule has 0 radical (unpaired) electrons. The predicted molar refractivity (Wildman–Crippen MR) is 93.7 cm³/mol. The molecule has 0 spiro atoms. The topological polar surface area (TPSA) is 65.5 Å². The maximum atomic E-state index is 12.1. The molecule has 0 bridgehead atoms. The number of likely N-dealkylation sites (tertiary alicyclic amines) is 1. The molecule has 1 N–H and O–H groups in total. The van der Waals surface area contributed by atoms with Crippen molar-refractivity contribution in [1.82, 2.24) is 20.1 Å². The van der Waals surface area contributed by atoms with Crippen molar-refractivity contribution in [3.05, 3.63) is 29.6 Å². The Labute approximate surface area is 144 Å². The van der Waals surface area contributed by atoms with Crippen LogP contribution in [0.25, 0.3) is 0 Å². The summed E-state index contributed by atoms with van der Waals surface area (Å²) in [4.78, 5) is 32.1. The summed E-state index contributed by atoms with van der Waals surface area (Å²) in [7, 11) is 5.33. The molecule has 1 aliphatic rings. The molecule has 0 aromatic carbocycles. The van der Waals surface area contributed by atoms with Crippen LogP contribution < -0.4 is 5.32 Å². The fraction of sp³-hybridized carbons (Fsp3) is 0.611. The summed E-state index contributed by atoms with van der Waals surface area (Å²) in [6.07, 6.45) is 3.18. The van der Waals surface area contributed by atoms with E-state index in [0.29, 0.717) is 19.4 Å². The average molecular weight is 332 g/mol. The zero-order chi connectivity index (χ0) is 17.5. The van der Waals surface area contributed by atoms with E-state index in [2.05, 4.69) is 5.32 Å². The monoisotopic (exact) mass is 332 g/mol. The van der Waals surface area contributed by atoms with Crippen molar-refractivity contribution in [2.24, 2.45) is 0 Å². The number of aromatic nitrogens is 1. The highest BCUT2D eigenvalue weighted by Gasteiger charge is 2.25. The number of piperidine rings is 1. The van der Waals surface area contributed by atoms with Gasteiger partial charge in [-0.1, -0.05) is 6.07 Å². The minimum atomic E-state index is 0.115. The largest absolute Gasteiger partial charge is 0.349 e. The fourth-order valence-corrected chi connectivity index (χ4v) is 3.03. The Bertz CT molecular complexity index is 574. The maximum Gasteiger partial charge on any atom is 0.236 e. The van der Waals surface area contributed by atoms with Gasteiger partial charge in [-0.15, -0.1) is 0 Å². The minimum absolute atomic E-state index is 0.115. The highest BCUT2D eigenvalue weighted by molar-refractivity contribution is 5.78. The molecule has 24 heavy (non-hydrogen) atoms. The summed E-state index contributed by atoms with van der Waals surface area (Å²) in [5.74, 6) is 0.544. The van der Waals surface area contributed by atoms with Crippen LogP contribution in [0.2, 0.25) is 0 Å². The van der Waals surface area contributed by atoms with Crippen molar-refractivity contribution in [2.75, 3.05) is 40.8 Å². The first-order valence-corrected chi connectivity index (χ1v) is 8.59. The van der Waals surface area contributed by atoms with Gasteiger partial charge in [0.2, 0.25) is 11.8 Å². The molecule has 1 aliphatic heterocycles. The summed E-state index contributed by atoms with van der Waals surface area (Å²) in [6, 6.07) is 6.01. The van der Waals surface area contributed by atoms with Gasteiger partial charge in [0.1, 0.15) is 0 Å². The van der Waals surface area contributed by atoms with E-state index in [0.717, 1.165) is 37.3 Å². The molecule has 0 aliphatic carbocycles. The number of nitrogens with zero attached hydrogens (tertiary/aromatic N) is 3. The average Bonchev–Trinajstić information content (AvgIpc) is 2.60. The van der Waals surface area contributed by atoms with Crippen LogP contribution in [0.15, 0.2) is 18.2 Å². The normalized spacial score (nSPS) is 17.6. The van der Waals surface area contributed by atoms with Crippen LogP contribution in [0.1, 0.15) is 36.6 Å². The van der Waals surface area contributed by atoms with Crippen molar-refractivity contribution in [3.63, 3.8) is 0 Å². The van der Waals surface area contributed by atoms with E-state index in [-0.39, 0.29) is 17.7 Å². The SMILES string of the molecule is CNCC(=O)N1CCCC(c2cccc(CCC(=O)N(C)C)n2)C1. The van der Waals surface area contributed by atoms with Crippen LogP contribution in [-0.4, -0.2) is 67.4 Å². The third kappa shape index (κ3) is 5.03. The Morgan fingerprint density at radius 1 is 1.38 bits per heavy atom. The molecule has 2 heterocycles. The number of likely N-dealkylation sites (N-methyl/N-ethyl adjacent to an activating group) is 1. The van der Waals surface area contributed by atoms with Gasteiger partial charge in [0, 0.05) is 50.9 Å². The molecule has 2 rings (SSSR count). The number of aryl methyl sites for hydroxylation is 1. The van der Waals surface area contributed by atoms with Crippen LogP contribution in [0.4, 0.5) is 0 Å². The number of carbonyl (C=O) groups is 2. The first-order chi connectivity index (χ1) is 11.5. The second-order valence-electron chi connectivity index (χ2n) is 6.55. The number of hydrogen-bond donors (Lipinski definition) is 1. The number of carbonyl (C=O) groups excluding carboxylic acids is 2. The van der Waals surface area contributed by atoms with Gasteiger partial charge in [-0.3, -0.25) is 14.6 Å². The molecular formula is C18H28N4O2. The van der Waals surface area contributed by atoms with Crippen molar-refractivity contribution < 1.29 is 9.59 Å². The van der Waals surface area contributed by atoms with Gasteiger partial charge in [0.25, 0.3) is 0 Å². The summed E-state index contributed by atoms with van der Waals surface area (Å²) in [6.45, 7) is 1.94. The standard InChI is InChI=1S/C18H28N4O2/c1-19-12-18(24)22-11-5-6-14(13-22)16-8-4-7-15(20-16)9-10-17(23)21(2)3/h4,7-8,14,19H,5-6,9-13H2,1-3H3. The van der Waals surface area contributed by atoms with Crippen LogP contribution >= 0.6 is 0 Å². The van der Waals surface area contributed by atoms with Gasteiger partial charge >= 0.3 is 0 Å². The zero-order valence-electron chi connectivity index (χ0n) is 14.9. The number of rotatable bonds is 6. The molecule has 1 atom stereocenters. The Hall–Kier alpha value is -1.95. The third-order valence-electron chi connectivity index (χ3n) is 4.44. The van der Waals surface area contributed by atoms with E-state index in [1.807, 2.05) is 23.1 Å². The van der Waals surface area contributed by atoms with Crippen LogP contribution in [0.3, 0.4) is 0 Å². The molecule has 6 nitrogen and oxygen atoms in total. The molecule has 1 saturated heterocycles. The molecule has 132 valence electrons. The van der Waals surface area contributed by atoms with Crippen molar-refractivity contribution in [2.45, 2.75) is 31.6 Å². The lowest BCUT2D eigenvalue weighted by molar-refractivity contribution is -0.131. The Balaban J connectivity index is 1.99. The fourth-order valence-electron chi connectivity index (χ4n) is 3.03. The first-order valence-electron chi connectivity index (χ1n) is 8.59. The highest BCUT2D eigenvalue weighted by atomic mass is 16.2. The Kier molecular flexibility index (Phi) is 6.73. The van der Waals surface area contributed by atoms with Gasteiger partial charge in [0.15, 0.2) is 0 Å². The van der Waals surface area contributed by atoms with Crippen LogP contribution in [-0.2, 0) is 16.0 Å². The van der Waals surface area contributed by atoms with E-state index < -0.39 is 0 Å². The molecule has 1 aromatic rings. The summed E-state index contributed by atoms with van der Waals surface area (Å²) in [5, 5.41) is 2.92. The minimum Gasteiger partial charge on any atom is -0.349 e. The lowest BCUT2D eigenvalue weighted by Gasteiger charge is -2.32. The first kappa shape index (κ1) is 18.4. The summed E-state index contributed by atoms with van der Waals surface area (Å²) >= 11 is 0. The Morgan fingerprint density at radius 3 is 2.88 bits per heavy atom. The third-order valence-corrected chi connectivity index (χ3v) is 4.44. The molecule has 6 heteroatoms. The van der Waals surface area contributed by atoms with Crippen LogP contribution in [0.5, 0.6) is 0 Å². The van der Waals surface area contributed by atoms with Gasteiger partial charge in [-0.05, 0) is 38.4 Å². The van der Waals surface area contributed by atoms with Crippen molar-refractivity contribution >= 4 is 11.8 Å². The van der Waals surface area contributed by atoms with Crippen LogP contribution in [0, 0.1) is 0 Å². The second kappa shape index (κ2) is 8.78. The number of hydrogen-bond acceptors (Lipinski definition) is 4. The van der Waals surface area contributed by atoms with Gasteiger partial charge in [-0.25, -0.2) is 0 Å². The van der Waals surface area contributed by atoms with E-state index in [1.165, 1.54) is 0 Å². The molecule has 1 fully saturated rings. The smallest absolute Gasteiger partial charge is 0.236 e. The second-order valence-corrected chi connectivity index (χ2v) is 6.55. The van der Waals surface area contributed by atoms with E-state index in [4.69, 9.17) is 4.98 Å². The molecule has 1 aromatic heterocycles.